The number of methoxy groups -OCH3 is 1. The van der Waals surface area contributed by atoms with Crippen molar-refractivity contribution in [1.29, 1.82) is 0 Å². The first-order valence-corrected chi connectivity index (χ1v) is 5.23. The average molecular weight is 239 g/mol. The molecular weight excluding hydrogens is 222 g/mol. The minimum absolute atomic E-state index is 0.211. The van der Waals surface area contributed by atoms with Gasteiger partial charge in [-0.3, -0.25) is 9.59 Å². The summed E-state index contributed by atoms with van der Waals surface area (Å²) < 4.78 is 4.60. The number of ether oxygens (including phenoxy) is 1. The summed E-state index contributed by atoms with van der Waals surface area (Å²) >= 11 is 0. The number of hydrogen-bond donors (Lipinski definition) is 2. The zero-order chi connectivity index (χ0) is 13.0. The van der Waals surface area contributed by atoms with Crippen LogP contribution in [0.1, 0.15) is 17.4 Å². The van der Waals surface area contributed by atoms with Gasteiger partial charge >= 0.3 is 5.97 Å². The molecule has 1 atom stereocenters. The Hall–Kier alpha value is -1.98. The van der Waals surface area contributed by atoms with Crippen molar-refractivity contribution in [2.75, 3.05) is 26.4 Å². The number of hydrogen-bond acceptors (Lipinski definition) is 4. The van der Waals surface area contributed by atoms with Crippen molar-refractivity contribution in [2.45, 2.75) is 6.92 Å². The Bertz CT molecular complexity index is 414. The number of H-pyrrole nitrogens is 1. The number of nitrogens with zero attached hydrogens (tertiary/aromatic N) is 1. The van der Waals surface area contributed by atoms with E-state index in [1.165, 1.54) is 12.0 Å². The lowest BCUT2D eigenvalue weighted by Gasteiger charge is -2.19. The van der Waals surface area contributed by atoms with Crippen LogP contribution in [-0.2, 0) is 9.53 Å². The molecule has 3 N–H and O–H groups in total. The molecule has 0 aromatic carbocycles. The highest BCUT2D eigenvalue weighted by Gasteiger charge is 2.20. The number of carbonyl (C=O) groups excluding carboxylic acids is 2. The molecule has 0 saturated carbocycles. The lowest BCUT2D eigenvalue weighted by Crippen LogP contribution is -2.34. The first kappa shape index (κ1) is 13.1. The fourth-order valence-electron chi connectivity index (χ4n) is 1.51. The Kier molecular flexibility index (Phi) is 4.14. The molecule has 6 heteroatoms. The van der Waals surface area contributed by atoms with E-state index in [1.807, 2.05) is 0 Å². The van der Waals surface area contributed by atoms with E-state index in [2.05, 4.69) is 9.72 Å². The quantitative estimate of drug-likeness (QED) is 0.748. The molecule has 0 radical (unpaired) electrons. The number of aromatic nitrogens is 1. The van der Waals surface area contributed by atoms with Crippen LogP contribution in [0.2, 0.25) is 0 Å². The fourth-order valence-corrected chi connectivity index (χ4v) is 1.51. The molecule has 17 heavy (non-hydrogen) atoms. The Morgan fingerprint density at radius 3 is 2.71 bits per heavy atom. The van der Waals surface area contributed by atoms with Gasteiger partial charge in [0.15, 0.2) is 0 Å². The summed E-state index contributed by atoms with van der Waals surface area (Å²) in [5.41, 5.74) is 6.42. The summed E-state index contributed by atoms with van der Waals surface area (Å²) in [7, 11) is 2.95. The van der Waals surface area contributed by atoms with Gasteiger partial charge in [0.1, 0.15) is 5.69 Å². The van der Waals surface area contributed by atoms with Gasteiger partial charge in [-0.1, -0.05) is 6.92 Å². The van der Waals surface area contributed by atoms with Gasteiger partial charge in [0.05, 0.1) is 13.0 Å². The van der Waals surface area contributed by atoms with E-state index in [0.29, 0.717) is 17.9 Å². The van der Waals surface area contributed by atoms with Crippen LogP contribution in [0.5, 0.6) is 0 Å². The number of rotatable bonds is 4. The van der Waals surface area contributed by atoms with Gasteiger partial charge in [-0.2, -0.15) is 0 Å². The number of aromatic amines is 1. The molecule has 1 unspecified atom stereocenters. The number of amides is 1. The van der Waals surface area contributed by atoms with Crippen molar-refractivity contribution >= 4 is 17.6 Å². The topological polar surface area (TPSA) is 88.4 Å². The van der Waals surface area contributed by atoms with Crippen LogP contribution < -0.4 is 5.73 Å². The second-order valence-corrected chi connectivity index (χ2v) is 3.96. The van der Waals surface area contributed by atoms with Gasteiger partial charge < -0.3 is 20.4 Å². The van der Waals surface area contributed by atoms with Crippen molar-refractivity contribution in [3.05, 3.63) is 18.0 Å². The number of carbonyl (C=O) groups is 2. The molecule has 0 aliphatic rings. The minimum atomic E-state index is -0.360. The monoisotopic (exact) mass is 239 g/mol. The van der Waals surface area contributed by atoms with Crippen LogP contribution in [0.3, 0.4) is 0 Å². The van der Waals surface area contributed by atoms with E-state index >= 15 is 0 Å². The van der Waals surface area contributed by atoms with E-state index in [9.17, 15) is 9.59 Å². The first-order chi connectivity index (χ1) is 7.95. The number of nitrogen functional groups attached to an aromatic ring is 1. The lowest BCUT2D eigenvalue weighted by molar-refractivity contribution is -0.145. The van der Waals surface area contributed by atoms with Crippen molar-refractivity contribution in [2.24, 2.45) is 5.92 Å². The number of nitrogens with two attached hydrogens (primary N) is 1. The molecule has 0 aliphatic heterocycles. The molecular formula is C11H17N3O3. The van der Waals surface area contributed by atoms with Crippen LogP contribution in [0, 0.1) is 5.92 Å². The zero-order valence-corrected chi connectivity index (χ0v) is 10.2. The van der Waals surface area contributed by atoms with Gasteiger partial charge in [-0.25, -0.2) is 0 Å². The van der Waals surface area contributed by atoms with Crippen LogP contribution in [0.25, 0.3) is 0 Å². The molecule has 1 aromatic rings. The highest BCUT2D eigenvalue weighted by Crippen LogP contribution is 2.09. The van der Waals surface area contributed by atoms with E-state index in [0.717, 1.165) is 0 Å². The van der Waals surface area contributed by atoms with Crippen LogP contribution in [0.4, 0.5) is 5.69 Å². The third-order valence-corrected chi connectivity index (χ3v) is 2.43. The summed E-state index contributed by atoms with van der Waals surface area (Å²) in [5, 5.41) is 0. The molecule has 1 rings (SSSR count). The summed E-state index contributed by atoms with van der Waals surface area (Å²) in [6.07, 6.45) is 1.55. The first-order valence-electron chi connectivity index (χ1n) is 5.23. The van der Waals surface area contributed by atoms with Crippen LogP contribution >= 0.6 is 0 Å². The molecule has 6 nitrogen and oxygen atoms in total. The molecule has 0 fully saturated rings. The summed E-state index contributed by atoms with van der Waals surface area (Å²) in [4.78, 5) is 27.3. The Morgan fingerprint density at radius 2 is 2.24 bits per heavy atom. The molecule has 94 valence electrons. The van der Waals surface area contributed by atoms with Crippen LogP contribution in [0.15, 0.2) is 12.3 Å². The predicted octanol–water partition coefficient (Wildman–Crippen LogP) is 0.478. The molecule has 0 saturated heterocycles. The third kappa shape index (κ3) is 3.24. The number of esters is 1. The SMILES string of the molecule is COC(=O)C(C)CN(C)C(=O)c1cc(N)c[nH]1. The van der Waals surface area contributed by atoms with Gasteiger partial charge in [0.25, 0.3) is 5.91 Å². The lowest BCUT2D eigenvalue weighted by atomic mass is 10.1. The van der Waals surface area contributed by atoms with Crippen molar-refractivity contribution in [1.82, 2.24) is 9.88 Å². The summed E-state index contributed by atoms with van der Waals surface area (Å²) in [6, 6.07) is 1.56. The third-order valence-electron chi connectivity index (χ3n) is 2.43. The van der Waals surface area contributed by atoms with E-state index < -0.39 is 0 Å². The molecule has 1 aromatic heterocycles. The van der Waals surface area contributed by atoms with Gasteiger partial charge in [0.2, 0.25) is 0 Å². The van der Waals surface area contributed by atoms with Crippen molar-refractivity contribution in [3.63, 3.8) is 0 Å². The predicted molar refractivity (Wildman–Crippen MR) is 63.3 cm³/mol. The Balaban J connectivity index is 2.62. The largest absolute Gasteiger partial charge is 0.469 e. The smallest absolute Gasteiger partial charge is 0.310 e. The Morgan fingerprint density at radius 1 is 1.59 bits per heavy atom. The van der Waals surface area contributed by atoms with Gasteiger partial charge in [0, 0.05) is 25.5 Å². The molecule has 0 spiro atoms. The highest BCUT2D eigenvalue weighted by molar-refractivity contribution is 5.93. The normalized spacial score (nSPS) is 11.9. The van der Waals surface area contributed by atoms with E-state index in [4.69, 9.17) is 5.73 Å². The molecule has 0 aliphatic carbocycles. The molecule has 1 amide bonds. The Labute approximate surface area is 99.7 Å². The van der Waals surface area contributed by atoms with Crippen molar-refractivity contribution < 1.29 is 14.3 Å². The maximum atomic E-state index is 11.9. The average Bonchev–Trinajstić information content (AvgIpc) is 2.73. The molecule has 1 heterocycles. The maximum absolute atomic E-state index is 11.9. The second kappa shape index (κ2) is 5.38. The van der Waals surface area contributed by atoms with E-state index in [-0.39, 0.29) is 17.8 Å². The number of anilines is 1. The van der Waals surface area contributed by atoms with Gasteiger partial charge in [-0.05, 0) is 6.07 Å². The maximum Gasteiger partial charge on any atom is 0.310 e. The van der Waals surface area contributed by atoms with Crippen molar-refractivity contribution in [3.8, 4) is 0 Å². The standard InChI is InChI=1S/C11H17N3O3/c1-7(11(16)17-3)6-14(2)10(15)9-4-8(12)5-13-9/h4-5,7,13H,6,12H2,1-3H3. The summed E-state index contributed by atoms with van der Waals surface area (Å²) in [5.74, 6) is -0.908. The van der Waals surface area contributed by atoms with E-state index in [1.54, 1.807) is 26.2 Å². The fraction of sp³-hybridized carbons (Fsp3) is 0.455. The zero-order valence-electron chi connectivity index (χ0n) is 10.2. The summed E-state index contributed by atoms with van der Waals surface area (Å²) in [6.45, 7) is 2.00. The highest BCUT2D eigenvalue weighted by atomic mass is 16.5. The second-order valence-electron chi connectivity index (χ2n) is 3.96. The van der Waals surface area contributed by atoms with Crippen LogP contribution in [-0.4, -0.2) is 42.5 Å². The minimum Gasteiger partial charge on any atom is -0.469 e. The van der Waals surface area contributed by atoms with Gasteiger partial charge in [-0.15, -0.1) is 0 Å². The molecule has 0 bridgehead atoms. The number of nitrogens with one attached hydrogen (secondary N) is 1.